The number of rotatable bonds is 5. The molecule has 1 amide bonds. The molecular weight excluding hydrogens is 321 g/mol. The number of anilines is 1. The molecule has 0 heterocycles. The van der Waals surface area contributed by atoms with Crippen molar-refractivity contribution in [3.63, 3.8) is 0 Å². The zero-order valence-electron chi connectivity index (χ0n) is 12.3. The molecule has 4 nitrogen and oxygen atoms in total. The molecule has 2 aromatic rings. The number of amides is 1. The minimum Gasteiger partial charge on any atom is -0.478 e. The second-order valence-corrected chi connectivity index (χ2v) is 5.63. The first-order chi connectivity index (χ1) is 10.9. The summed E-state index contributed by atoms with van der Waals surface area (Å²) < 4.78 is 13.2. The zero-order valence-corrected chi connectivity index (χ0v) is 13.1. The van der Waals surface area contributed by atoms with Crippen LogP contribution < -0.4 is 5.32 Å². The van der Waals surface area contributed by atoms with E-state index >= 15 is 0 Å². The number of carboxylic acids is 1. The maximum absolute atomic E-state index is 13.2. The first-order valence-corrected chi connectivity index (χ1v) is 7.33. The second kappa shape index (κ2) is 7.24. The van der Waals surface area contributed by atoms with Crippen LogP contribution in [0.2, 0.25) is 5.02 Å². The lowest BCUT2D eigenvalue weighted by atomic mass is 10.00. The predicted molar refractivity (Wildman–Crippen MR) is 86.3 cm³/mol. The van der Waals surface area contributed by atoms with Gasteiger partial charge in [0.05, 0.1) is 16.3 Å². The van der Waals surface area contributed by atoms with Crippen LogP contribution in [0.1, 0.15) is 22.8 Å². The van der Waals surface area contributed by atoms with Crippen molar-refractivity contribution in [1.29, 1.82) is 0 Å². The molecule has 2 rings (SSSR count). The molecule has 0 bridgehead atoms. The smallest absolute Gasteiger partial charge is 0.335 e. The minimum atomic E-state index is -1.11. The molecule has 0 spiro atoms. The van der Waals surface area contributed by atoms with E-state index < -0.39 is 11.9 Å². The van der Waals surface area contributed by atoms with Crippen LogP contribution in [0.4, 0.5) is 10.1 Å². The van der Waals surface area contributed by atoms with E-state index in [9.17, 15) is 14.0 Å². The highest BCUT2D eigenvalue weighted by atomic mass is 35.5. The first kappa shape index (κ1) is 17.0. The van der Waals surface area contributed by atoms with E-state index in [0.29, 0.717) is 12.0 Å². The number of carbonyl (C=O) groups excluding carboxylic acids is 1. The highest BCUT2D eigenvalue weighted by molar-refractivity contribution is 6.33. The van der Waals surface area contributed by atoms with Gasteiger partial charge in [0, 0.05) is 5.92 Å². The molecule has 2 aromatic carbocycles. The third kappa shape index (κ3) is 4.53. The van der Waals surface area contributed by atoms with Gasteiger partial charge in [-0.15, -0.1) is 0 Å². The van der Waals surface area contributed by atoms with Crippen LogP contribution >= 0.6 is 11.6 Å². The average Bonchev–Trinajstić information content (AvgIpc) is 2.49. The van der Waals surface area contributed by atoms with Gasteiger partial charge in [-0.05, 0) is 42.3 Å². The van der Waals surface area contributed by atoms with Gasteiger partial charge in [0.2, 0.25) is 5.91 Å². The number of nitrogens with one attached hydrogen (secondary N) is 1. The minimum absolute atomic E-state index is 0.0301. The molecule has 6 heteroatoms. The molecule has 0 aliphatic rings. The van der Waals surface area contributed by atoms with Gasteiger partial charge in [-0.1, -0.05) is 30.7 Å². The number of halogens is 2. The van der Waals surface area contributed by atoms with Gasteiger partial charge in [-0.25, -0.2) is 9.18 Å². The SMILES string of the molecule is CC(Cc1cccc(F)c1)C(=O)Nc1cc(C(=O)O)ccc1Cl. The lowest BCUT2D eigenvalue weighted by molar-refractivity contribution is -0.119. The van der Waals surface area contributed by atoms with Crippen molar-refractivity contribution in [2.75, 3.05) is 5.32 Å². The fourth-order valence-electron chi connectivity index (χ4n) is 2.12. The molecule has 0 aromatic heterocycles. The lowest BCUT2D eigenvalue weighted by Gasteiger charge is -2.14. The molecule has 23 heavy (non-hydrogen) atoms. The van der Waals surface area contributed by atoms with Crippen molar-refractivity contribution >= 4 is 29.2 Å². The number of carboxylic acid groups (broad SMARTS) is 1. The van der Waals surface area contributed by atoms with E-state index in [1.165, 1.54) is 30.3 Å². The van der Waals surface area contributed by atoms with Crippen LogP contribution in [-0.4, -0.2) is 17.0 Å². The van der Waals surface area contributed by atoms with Gasteiger partial charge in [0.15, 0.2) is 0 Å². The van der Waals surface area contributed by atoms with Crippen LogP contribution in [-0.2, 0) is 11.2 Å². The van der Waals surface area contributed by atoms with Crippen molar-refractivity contribution in [3.05, 3.63) is 64.4 Å². The van der Waals surface area contributed by atoms with Gasteiger partial charge in [0.1, 0.15) is 5.82 Å². The van der Waals surface area contributed by atoms with Gasteiger partial charge < -0.3 is 10.4 Å². The molecule has 0 fully saturated rings. The zero-order chi connectivity index (χ0) is 17.0. The van der Waals surface area contributed by atoms with E-state index in [4.69, 9.17) is 16.7 Å². The van der Waals surface area contributed by atoms with E-state index in [2.05, 4.69) is 5.32 Å². The van der Waals surface area contributed by atoms with Crippen molar-refractivity contribution < 1.29 is 19.1 Å². The Morgan fingerprint density at radius 2 is 2.00 bits per heavy atom. The molecule has 0 aliphatic heterocycles. The largest absolute Gasteiger partial charge is 0.478 e. The summed E-state index contributed by atoms with van der Waals surface area (Å²) in [5.41, 5.74) is 0.975. The van der Waals surface area contributed by atoms with Crippen LogP contribution in [0.15, 0.2) is 42.5 Å². The van der Waals surface area contributed by atoms with Crippen LogP contribution in [0.5, 0.6) is 0 Å². The van der Waals surface area contributed by atoms with Gasteiger partial charge >= 0.3 is 5.97 Å². The molecular formula is C17H15ClFNO3. The summed E-state index contributed by atoms with van der Waals surface area (Å²) in [6.07, 6.45) is 0.361. The van der Waals surface area contributed by atoms with Gasteiger partial charge in [-0.3, -0.25) is 4.79 Å². The Labute approximate surface area is 137 Å². The van der Waals surface area contributed by atoms with Crippen molar-refractivity contribution in [1.82, 2.24) is 0 Å². The highest BCUT2D eigenvalue weighted by Crippen LogP contribution is 2.24. The molecule has 120 valence electrons. The van der Waals surface area contributed by atoms with E-state index in [0.717, 1.165) is 0 Å². The summed E-state index contributed by atoms with van der Waals surface area (Å²) in [5, 5.41) is 11.8. The van der Waals surface area contributed by atoms with E-state index in [1.807, 2.05) is 0 Å². The summed E-state index contributed by atoms with van der Waals surface area (Å²) >= 11 is 5.97. The third-order valence-electron chi connectivity index (χ3n) is 3.35. The summed E-state index contributed by atoms with van der Waals surface area (Å²) in [7, 11) is 0. The number of benzene rings is 2. The second-order valence-electron chi connectivity index (χ2n) is 5.22. The standard InChI is InChI=1S/C17H15ClFNO3/c1-10(7-11-3-2-4-13(19)8-11)16(21)20-15-9-12(17(22)23)5-6-14(15)18/h2-6,8-10H,7H2,1H3,(H,20,21)(H,22,23). The van der Waals surface area contributed by atoms with E-state index in [1.54, 1.807) is 19.1 Å². The summed E-state index contributed by atoms with van der Waals surface area (Å²) in [4.78, 5) is 23.2. The Hall–Kier alpha value is -2.40. The monoisotopic (exact) mass is 335 g/mol. The van der Waals surface area contributed by atoms with Crippen LogP contribution in [0, 0.1) is 11.7 Å². The maximum Gasteiger partial charge on any atom is 0.335 e. The molecule has 0 saturated heterocycles. The Balaban J connectivity index is 2.09. The van der Waals surface area contributed by atoms with Crippen LogP contribution in [0.3, 0.4) is 0 Å². The quantitative estimate of drug-likeness (QED) is 0.868. The average molecular weight is 336 g/mol. The van der Waals surface area contributed by atoms with Gasteiger partial charge in [-0.2, -0.15) is 0 Å². The van der Waals surface area contributed by atoms with E-state index in [-0.39, 0.29) is 28.0 Å². The normalized spacial score (nSPS) is 11.8. The third-order valence-corrected chi connectivity index (χ3v) is 3.68. The number of hydrogen-bond donors (Lipinski definition) is 2. The fraction of sp³-hybridized carbons (Fsp3) is 0.176. The fourth-order valence-corrected chi connectivity index (χ4v) is 2.29. The van der Waals surface area contributed by atoms with Gasteiger partial charge in [0.25, 0.3) is 0 Å². The Morgan fingerprint density at radius 3 is 2.65 bits per heavy atom. The first-order valence-electron chi connectivity index (χ1n) is 6.95. The highest BCUT2D eigenvalue weighted by Gasteiger charge is 2.16. The van der Waals surface area contributed by atoms with Crippen molar-refractivity contribution in [3.8, 4) is 0 Å². The lowest BCUT2D eigenvalue weighted by Crippen LogP contribution is -2.22. The number of aromatic carboxylic acids is 1. The summed E-state index contributed by atoms with van der Waals surface area (Å²) in [6.45, 7) is 1.70. The molecule has 0 aliphatic carbocycles. The topological polar surface area (TPSA) is 66.4 Å². The predicted octanol–water partition coefficient (Wildman–Crippen LogP) is 3.99. The Morgan fingerprint density at radius 1 is 1.26 bits per heavy atom. The van der Waals surface area contributed by atoms with Crippen molar-refractivity contribution in [2.45, 2.75) is 13.3 Å². The number of carbonyl (C=O) groups is 2. The van der Waals surface area contributed by atoms with Crippen LogP contribution in [0.25, 0.3) is 0 Å². The molecule has 1 unspecified atom stereocenters. The maximum atomic E-state index is 13.2. The molecule has 1 atom stereocenters. The molecule has 2 N–H and O–H groups in total. The summed E-state index contributed by atoms with van der Waals surface area (Å²) in [6, 6.07) is 10.1. The molecule has 0 saturated carbocycles. The Kier molecular flexibility index (Phi) is 5.34. The number of hydrogen-bond acceptors (Lipinski definition) is 2. The molecule has 0 radical (unpaired) electrons. The Bertz CT molecular complexity index is 748. The van der Waals surface area contributed by atoms with Crippen molar-refractivity contribution in [2.24, 2.45) is 5.92 Å². The summed E-state index contributed by atoms with van der Waals surface area (Å²) in [5.74, 6) is -2.21.